The molecule has 346 valence electrons. The van der Waals surface area contributed by atoms with E-state index in [1.54, 1.807) is 0 Å². The number of aryl methyl sites for hydroxylation is 2. The lowest BCUT2D eigenvalue weighted by Crippen LogP contribution is -2.61. The molecule has 0 amide bonds. The second-order valence-corrected chi connectivity index (χ2v) is 23.0. The zero-order valence-corrected chi connectivity index (χ0v) is 43.0. The van der Waals surface area contributed by atoms with Crippen LogP contribution in [0.1, 0.15) is 77.0 Å². The third-order valence-electron chi connectivity index (χ3n) is 15.4. The molecule has 0 N–H and O–H groups in total. The van der Waals surface area contributed by atoms with Crippen LogP contribution in [0.2, 0.25) is 0 Å². The van der Waals surface area contributed by atoms with Crippen LogP contribution in [0.3, 0.4) is 0 Å². The van der Waals surface area contributed by atoms with E-state index < -0.39 is 0 Å². The Kier molecular flexibility index (Phi) is 10.8. The number of hydrogen-bond acceptors (Lipinski definition) is 4. The van der Waals surface area contributed by atoms with Crippen LogP contribution in [-0.4, -0.2) is 6.71 Å². The predicted octanol–water partition coefficient (Wildman–Crippen LogP) is 17.8. The molecule has 0 aliphatic carbocycles. The van der Waals surface area contributed by atoms with Crippen LogP contribution in [0, 0.1) is 0 Å². The Hall–Kier alpha value is -6.92. The van der Waals surface area contributed by atoms with Gasteiger partial charge in [-0.1, -0.05) is 169 Å². The molecule has 2 aromatic heterocycles. The van der Waals surface area contributed by atoms with Gasteiger partial charge in [0.1, 0.15) is 0 Å². The van der Waals surface area contributed by atoms with Crippen molar-refractivity contribution in [1.82, 2.24) is 0 Å². The van der Waals surface area contributed by atoms with E-state index in [1.165, 1.54) is 130 Å². The number of fused-ring (bicyclic) bond motifs is 10. The van der Waals surface area contributed by atoms with Crippen LogP contribution >= 0.6 is 22.7 Å². The molecule has 2 aliphatic heterocycles. The van der Waals surface area contributed by atoms with Crippen LogP contribution in [0.25, 0.3) is 62.6 Å². The molecule has 2 aliphatic rings. The lowest BCUT2D eigenvalue weighted by atomic mass is 9.33. The molecular formula is C66H57BN2S2. The number of benzene rings is 9. The van der Waals surface area contributed by atoms with Crippen molar-refractivity contribution in [3.8, 4) is 22.3 Å². The van der Waals surface area contributed by atoms with Crippen molar-refractivity contribution in [3.05, 3.63) is 199 Å². The van der Waals surface area contributed by atoms with Gasteiger partial charge in [-0.05, 0) is 147 Å². The molecule has 0 unspecified atom stereocenters. The standard InChI is InChI=1S/C66H57BN2S2/c1-6-8-24-47-53(34-36-61-63(47)49-26-16-18-28-59(49)70-61)68-55-32-30-44(42-20-12-10-13-21-42)38-51(55)67-52-39-45(43-22-14-11-15-23-43)31-33-56(52)69(58-41-46(66(3,4)5)40-57(68)65(58)67)54-35-37-62-64(48(54)25-9-7-2)50-27-17-19-29-60(50)71-62/h10-23,26-41H,6-9,24-25H2,1-5H3. The van der Waals surface area contributed by atoms with Gasteiger partial charge in [0, 0.05) is 74.5 Å². The van der Waals surface area contributed by atoms with Crippen molar-refractivity contribution in [2.75, 3.05) is 9.80 Å². The molecule has 5 heteroatoms. The average Bonchev–Trinajstić information content (AvgIpc) is 3.98. The highest BCUT2D eigenvalue weighted by atomic mass is 32.1. The lowest BCUT2D eigenvalue weighted by Gasteiger charge is -2.46. The molecule has 0 fully saturated rings. The molecule has 13 rings (SSSR count). The summed E-state index contributed by atoms with van der Waals surface area (Å²) in [6.45, 7) is 11.8. The normalized spacial score (nSPS) is 13.1. The summed E-state index contributed by atoms with van der Waals surface area (Å²) < 4.78 is 5.44. The van der Waals surface area contributed by atoms with Crippen molar-refractivity contribution < 1.29 is 0 Å². The maximum absolute atomic E-state index is 2.71. The van der Waals surface area contributed by atoms with Gasteiger partial charge >= 0.3 is 0 Å². The highest BCUT2D eigenvalue weighted by Gasteiger charge is 2.45. The maximum atomic E-state index is 2.71. The van der Waals surface area contributed by atoms with E-state index in [2.05, 4.69) is 226 Å². The first-order valence-electron chi connectivity index (χ1n) is 25.8. The summed E-state index contributed by atoms with van der Waals surface area (Å²) in [6.07, 6.45) is 6.52. The smallest absolute Gasteiger partial charge is 0.252 e. The highest BCUT2D eigenvalue weighted by Crippen LogP contribution is 2.51. The van der Waals surface area contributed by atoms with Gasteiger partial charge in [-0.25, -0.2) is 0 Å². The summed E-state index contributed by atoms with van der Waals surface area (Å²) in [5.41, 5.74) is 20.8. The molecule has 0 saturated heterocycles. The maximum Gasteiger partial charge on any atom is 0.252 e. The molecule has 0 radical (unpaired) electrons. The first-order valence-corrected chi connectivity index (χ1v) is 27.5. The lowest BCUT2D eigenvalue weighted by molar-refractivity contribution is 0.590. The molecule has 0 spiro atoms. The van der Waals surface area contributed by atoms with Gasteiger partial charge in [-0.2, -0.15) is 0 Å². The largest absolute Gasteiger partial charge is 0.311 e. The van der Waals surface area contributed by atoms with E-state index in [0.29, 0.717) is 0 Å². The molecule has 11 aromatic rings. The zero-order chi connectivity index (χ0) is 48.0. The Bertz CT molecular complexity index is 3620. The monoisotopic (exact) mass is 952 g/mol. The van der Waals surface area contributed by atoms with Crippen molar-refractivity contribution in [1.29, 1.82) is 0 Å². The van der Waals surface area contributed by atoms with Crippen molar-refractivity contribution in [3.63, 3.8) is 0 Å². The fraction of sp³-hybridized carbons (Fsp3) is 0.182. The van der Waals surface area contributed by atoms with Crippen LogP contribution in [0.5, 0.6) is 0 Å². The Labute approximate surface area is 426 Å². The van der Waals surface area contributed by atoms with Crippen LogP contribution in [0.15, 0.2) is 182 Å². The van der Waals surface area contributed by atoms with Gasteiger partial charge in [-0.15, -0.1) is 22.7 Å². The number of nitrogens with zero attached hydrogens (tertiary/aromatic N) is 2. The molecular weight excluding hydrogens is 896 g/mol. The van der Waals surface area contributed by atoms with Gasteiger partial charge < -0.3 is 9.80 Å². The summed E-state index contributed by atoms with van der Waals surface area (Å²) in [4.78, 5) is 5.42. The molecule has 4 heterocycles. The van der Waals surface area contributed by atoms with E-state index in [0.717, 1.165) is 38.5 Å². The molecule has 0 atom stereocenters. The second-order valence-electron chi connectivity index (χ2n) is 20.8. The number of thiophene rings is 2. The van der Waals surface area contributed by atoms with Gasteiger partial charge in [-0.3, -0.25) is 0 Å². The average molecular weight is 953 g/mol. The summed E-state index contributed by atoms with van der Waals surface area (Å²) in [7, 11) is 0. The predicted molar refractivity (Wildman–Crippen MR) is 313 cm³/mol. The minimum atomic E-state index is -0.135. The Morgan fingerprint density at radius 1 is 0.408 bits per heavy atom. The highest BCUT2D eigenvalue weighted by molar-refractivity contribution is 7.26. The topological polar surface area (TPSA) is 6.48 Å². The van der Waals surface area contributed by atoms with Gasteiger partial charge in [0.05, 0.1) is 0 Å². The van der Waals surface area contributed by atoms with Crippen molar-refractivity contribution in [2.24, 2.45) is 0 Å². The van der Waals surface area contributed by atoms with E-state index in [-0.39, 0.29) is 12.1 Å². The second kappa shape index (κ2) is 17.4. The Morgan fingerprint density at radius 3 is 1.27 bits per heavy atom. The first-order chi connectivity index (χ1) is 34.8. The third-order valence-corrected chi connectivity index (χ3v) is 17.7. The number of hydrogen-bond donors (Lipinski definition) is 0. The Morgan fingerprint density at radius 2 is 0.831 bits per heavy atom. The first kappa shape index (κ1) is 44.1. The van der Waals surface area contributed by atoms with E-state index >= 15 is 0 Å². The molecule has 9 aromatic carbocycles. The zero-order valence-electron chi connectivity index (χ0n) is 41.4. The van der Waals surface area contributed by atoms with Gasteiger partial charge in [0.15, 0.2) is 0 Å². The number of rotatable bonds is 10. The van der Waals surface area contributed by atoms with Crippen LogP contribution in [0.4, 0.5) is 34.1 Å². The Balaban J connectivity index is 1.18. The molecule has 0 saturated carbocycles. The SMILES string of the molecule is CCCCc1c(N2c3ccc(-c4ccccc4)cc3B3c4cc(-c5ccccc5)ccc4N(c4ccc5sc6ccccc6c5c4CCCC)c4cc(C(C)(C)C)cc2c43)ccc2sc3ccccc3c12. The minimum absolute atomic E-state index is 0.0338. The summed E-state index contributed by atoms with van der Waals surface area (Å²) in [5.74, 6) is 0. The van der Waals surface area contributed by atoms with Crippen molar-refractivity contribution in [2.45, 2.75) is 78.6 Å². The van der Waals surface area contributed by atoms with E-state index in [4.69, 9.17) is 0 Å². The fourth-order valence-electron chi connectivity index (χ4n) is 12.0. The number of anilines is 6. The van der Waals surface area contributed by atoms with Crippen LogP contribution in [-0.2, 0) is 18.3 Å². The molecule has 71 heavy (non-hydrogen) atoms. The summed E-state index contributed by atoms with van der Waals surface area (Å²) in [5, 5.41) is 5.56. The summed E-state index contributed by atoms with van der Waals surface area (Å²) in [6, 6.07) is 69.8. The fourth-order valence-corrected chi connectivity index (χ4v) is 14.2. The van der Waals surface area contributed by atoms with Gasteiger partial charge in [0.25, 0.3) is 6.71 Å². The van der Waals surface area contributed by atoms with E-state index in [9.17, 15) is 0 Å². The molecule has 2 nitrogen and oxygen atoms in total. The van der Waals surface area contributed by atoms with Gasteiger partial charge in [0.2, 0.25) is 0 Å². The van der Waals surface area contributed by atoms with Crippen LogP contribution < -0.4 is 26.2 Å². The van der Waals surface area contributed by atoms with Crippen molar-refractivity contribution >= 4 is 120 Å². The van der Waals surface area contributed by atoms with E-state index in [1.807, 2.05) is 22.7 Å². The minimum Gasteiger partial charge on any atom is -0.311 e. The third kappa shape index (κ3) is 7.18. The summed E-state index contributed by atoms with van der Waals surface area (Å²) >= 11 is 3.86. The molecule has 0 bridgehead atoms. The number of unbranched alkanes of at least 4 members (excludes halogenated alkanes) is 2. The quantitative estimate of drug-likeness (QED) is 0.126.